The van der Waals surface area contributed by atoms with Crippen LogP contribution >= 0.6 is 35.7 Å². The van der Waals surface area contributed by atoms with Gasteiger partial charge in [0.25, 0.3) is 0 Å². The highest BCUT2D eigenvalue weighted by atomic mass is 127. The minimum atomic E-state index is 0. The fraction of sp³-hybridized carbons (Fsp3) is 0.692. The molecule has 0 atom stereocenters. The Balaban J connectivity index is 0.00000361. The average Bonchev–Trinajstić information content (AvgIpc) is 2.79. The number of aliphatic imine (C=N–C) groups is 1. The van der Waals surface area contributed by atoms with Crippen LogP contribution in [0.5, 0.6) is 0 Å². The summed E-state index contributed by atoms with van der Waals surface area (Å²) in [5.74, 6) is 0.855. The first-order valence-corrected chi connectivity index (χ1v) is 7.74. The number of hydrogen-bond acceptors (Lipinski definition) is 3. The van der Waals surface area contributed by atoms with Crippen molar-refractivity contribution in [3.63, 3.8) is 0 Å². The summed E-state index contributed by atoms with van der Waals surface area (Å²) in [5, 5.41) is 10.8. The molecule has 1 aromatic rings. The molecule has 7 heteroatoms. The molecule has 0 spiro atoms. The van der Waals surface area contributed by atoms with Gasteiger partial charge in [0.1, 0.15) is 0 Å². The fourth-order valence-electron chi connectivity index (χ4n) is 1.43. The molecule has 20 heavy (non-hydrogen) atoms. The zero-order chi connectivity index (χ0) is 14.3. The Morgan fingerprint density at radius 1 is 1.45 bits per heavy atom. The Labute approximate surface area is 143 Å². The van der Waals surface area contributed by atoms with Gasteiger partial charge in [0.15, 0.2) is 5.96 Å². The highest BCUT2D eigenvalue weighted by molar-refractivity contribution is 14.0. The lowest BCUT2D eigenvalue weighted by Gasteiger charge is -2.23. The summed E-state index contributed by atoms with van der Waals surface area (Å²) >= 11 is 1.85. The van der Waals surface area contributed by atoms with E-state index in [0.29, 0.717) is 6.54 Å². The molecule has 1 heterocycles. The van der Waals surface area contributed by atoms with Gasteiger partial charge in [-0.05, 0) is 27.0 Å². The van der Waals surface area contributed by atoms with Gasteiger partial charge in [-0.2, -0.15) is 16.9 Å². The van der Waals surface area contributed by atoms with E-state index < -0.39 is 0 Å². The number of nitrogens with zero attached hydrogens (tertiary/aromatic N) is 3. The number of halogens is 1. The molecule has 0 unspecified atom stereocenters. The summed E-state index contributed by atoms with van der Waals surface area (Å²) < 4.78 is 1.99. The molecule has 1 rings (SSSR count). The van der Waals surface area contributed by atoms with E-state index in [9.17, 15) is 0 Å². The first-order chi connectivity index (χ1) is 8.96. The van der Waals surface area contributed by atoms with E-state index in [1.165, 1.54) is 0 Å². The van der Waals surface area contributed by atoms with Gasteiger partial charge in [0.2, 0.25) is 0 Å². The van der Waals surface area contributed by atoms with Gasteiger partial charge >= 0.3 is 0 Å². The summed E-state index contributed by atoms with van der Waals surface area (Å²) in [7, 11) is 1.91. The molecular formula is C13H26IN5S. The normalized spacial score (nSPS) is 11.9. The van der Waals surface area contributed by atoms with Crippen LogP contribution in [0.4, 0.5) is 0 Å². The van der Waals surface area contributed by atoms with E-state index in [2.05, 4.69) is 47.8 Å². The summed E-state index contributed by atoms with van der Waals surface area (Å²) in [5.41, 5.74) is 1.11. The van der Waals surface area contributed by atoms with Crippen LogP contribution in [0.2, 0.25) is 0 Å². The van der Waals surface area contributed by atoms with Crippen LogP contribution in [-0.4, -0.2) is 39.8 Å². The van der Waals surface area contributed by atoms with E-state index in [4.69, 9.17) is 0 Å². The smallest absolute Gasteiger partial charge is 0.191 e. The molecular weight excluding hydrogens is 385 g/mol. The minimum Gasteiger partial charge on any atom is -0.357 e. The molecule has 0 saturated heterocycles. The standard InChI is InChI=1S/C13H25N5S.HI/c1-6-14-12(16-10-13(2,3)19-5)15-7-11-8-17-18(4)9-11;/h8-9H,6-7,10H2,1-5H3,(H2,14,15,16);1H. The van der Waals surface area contributed by atoms with Gasteiger partial charge in [-0.3, -0.25) is 4.68 Å². The van der Waals surface area contributed by atoms with Gasteiger partial charge < -0.3 is 10.6 Å². The van der Waals surface area contributed by atoms with Crippen LogP contribution in [0.3, 0.4) is 0 Å². The first-order valence-electron chi connectivity index (χ1n) is 6.51. The number of aromatic nitrogens is 2. The first kappa shape index (κ1) is 19.6. The van der Waals surface area contributed by atoms with Gasteiger partial charge in [-0.15, -0.1) is 24.0 Å². The third-order valence-electron chi connectivity index (χ3n) is 2.76. The molecule has 116 valence electrons. The monoisotopic (exact) mass is 411 g/mol. The SMILES string of the molecule is CCNC(=NCc1cnn(C)c1)NCC(C)(C)SC.I. The van der Waals surface area contributed by atoms with Gasteiger partial charge in [0.05, 0.1) is 12.7 Å². The molecule has 1 aromatic heterocycles. The molecule has 0 aliphatic carbocycles. The zero-order valence-electron chi connectivity index (χ0n) is 12.9. The number of guanidine groups is 1. The van der Waals surface area contributed by atoms with Crippen LogP contribution in [0.25, 0.3) is 0 Å². The lowest BCUT2D eigenvalue weighted by atomic mass is 10.2. The molecule has 0 aliphatic heterocycles. The maximum Gasteiger partial charge on any atom is 0.191 e. The highest BCUT2D eigenvalue weighted by Gasteiger charge is 2.15. The molecule has 0 fully saturated rings. The Hall–Kier alpha value is -0.440. The number of thioether (sulfide) groups is 1. The average molecular weight is 411 g/mol. The fourth-order valence-corrected chi connectivity index (χ4v) is 1.65. The van der Waals surface area contributed by atoms with E-state index in [1.54, 1.807) is 4.68 Å². The van der Waals surface area contributed by atoms with Crippen molar-refractivity contribution in [3.05, 3.63) is 18.0 Å². The maximum atomic E-state index is 4.57. The van der Waals surface area contributed by atoms with Crippen molar-refractivity contribution >= 4 is 41.7 Å². The van der Waals surface area contributed by atoms with Crippen LogP contribution in [0, 0.1) is 0 Å². The van der Waals surface area contributed by atoms with E-state index in [-0.39, 0.29) is 28.7 Å². The second-order valence-corrected chi connectivity index (χ2v) is 6.55. The van der Waals surface area contributed by atoms with Crippen molar-refractivity contribution in [2.75, 3.05) is 19.3 Å². The van der Waals surface area contributed by atoms with Crippen molar-refractivity contribution in [2.24, 2.45) is 12.0 Å². The van der Waals surface area contributed by atoms with Gasteiger partial charge in [-0.1, -0.05) is 0 Å². The number of nitrogens with one attached hydrogen (secondary N) is 2. The predicted octanol–water partition coefficient (Wildman–Crippen LogP) is 2.23. The number of rotatable bonds is 6. The van der Waals surface area contributed by atoms with Crippen molar-refractivity contribution < 1.29 is 0 Å². The van der Waals surface area contributed by atoms with Crippen molar-refractivity contribution in [3.8, 4) is 0 Å². The summed E-state index contributed by atoms with van der Waals surface area (Å²) in [6.07, 6.45) is 5.96. The Morgan fingerprint density at radius 2 is 2.15 bits per heavy atom. The zero-order valence-corrected chi connectivity index (χ0v) is 16.1. The molecule has 0 aromatic carbocycles. The lowest BCUT2D eigenvalue weighted by Crippen LogP contribution is -2.43. The molecule has 0 bridgehead atoms. The topological polar surface area (TPSA) is 54.2 Å². The van der Waals surface area contributed by atoms with E-state index in [0.717, 1.165) is 24.6 Å². The highest BCUT2D eigenvalue weighted by Crippen LogP contribution is 2.19. The molecule has 0 radical (unpaired) electrons. The summed E-state index contributed by atoms with van der Waals surface area (Å²) in [6, 6.07) is 0. The van der Waals surface area contributed by atoms with E-state index in [1.807, 2.05) is 31.2 Å². The molecule has 5 nitrogen and oxygen atoms in total. The lowest BCUT2D eigenvalue weighted by molar-refractivity contribution is 0.665. The van der Waals surface area contributed by atoms with Crippen molar-refractivity contribution in [1.82, 2.24) is 20.4 Å². The van der Waals surface area contributed by atoms with Gasteiger partial charge in [0, 0.05) is 36.6 Å². The minimum absolute atomic E-state index is 0. The van der Waals surface area contributed by atoms with Crippen molar-refractivity contribution in [2.45, 2.75) is 32.1 Å². The van der Waals surface area contributed by atoms with Gasteiger partial charge in [-0.25, -0.2) is 4.99 Å². The van der Waals surface area contributed by atoms with Crippen LogP contribution in [0.1, 0.15) is 26.3 Å². The van der Waals surface area contributed by atoms with E-state index >= 15 is 0 Å². The van der Waals surface area contributed by atoms with Crippen LogP contribution in [0.15, 0.2) is 17.4 Å². The number of hydrogen-bond donors (Lipinski definition) is 2. The third kappa shape index (κ3) is 7.37. The Morgan fingerprint density at radius 3 is 2.65 bits per heavy atom. The maximum absolute atomic E-state index is 4.57. The van der Waals surface area contributed by atoms with Crippen LogP contribution < -0.4 is 10.6 Å². The molecule has 2 N–H and O–H groups in total. The molecule has 0 saturated carbocycles. The second-order valence-electron chi connectivity index (χ2n) is 5.03. The third-order valence-corrected chi connectivity index (χ3v) is 4.01. The van der Waals surface area contributed by atoms with Crippen LogP contribution in [-0.2, 0) is 13.6 Å². The predicted molar refractivity (Wildman–Crippen MR) is 99.0 cm³/mol. The second kappa shape index (κ2) is 9.49. The van der Waals surface area contributed by atoms with Crippen molar-refractivity contribution in [1.29, 1.82) is 0 Å². The molecule has 0 aliphatic rings. The number of aryl methyl sites for hydroxylation is 1. The quantitative estimate of drug-likeness (QED) is 0.428. The summed E-state index contributed by atoms with van der Waals surface area (Å²) in [6.45, 7) is 8.89. The Kier molecular flexibility index (Phi) is 9.28. The summed E-state index contributed by atoms with van der Waals surface area (Å²) in [4.78, 5) is 4.57. The molecule has 0 amide bonds. The Bertz CT molecular complexity index is 417. The largest absolute Gasteiger partial charge is 0.357 e.